The average Bonchev–Trinajstić information content (AvgIpc) is 2.49. The van der Waals surface area contributed by atoms with E-state index in [1.807, 2.05) is 25.1 Å². The number of carboxylic acid groups (broad SMARTS) is 1. The van der Waals surface area contributed by atoms with Crippen LogP contribution in [0.15, 0.2) is 42.5 Å². The first-order chi connectivity index (χ1) is 10.1. The van der Waals surface area contributed by atoms with E-state index in [0.29, 0.717) is 11.3 Å². The molecule has 1 aliphatic carbocycles. The number of carbonyl (C=O) groups is 1. The molecule has 2 aromatic carbocycles. The van der Waals surface area contributed by atoms with Crippen molar-refractivity contribution in [1.29, 1.82) is 0 Å². The highest BCUT2D eigenvalue weighted by molar-refractivity contribution is 5.94. The van der Waals surface area contributed by atoms with Gasteiger partial charge in [0, 0.05) is 5.69 Å². The normalized spacial score (nSPS) is 17.1. The molecule has 2 aromatic rings. The van der Waals surface area contributed by atoms with Gasteiger partial charge in [0.2, 0.25) is 0 Å². The van der Waals surface area contributed by atoms with Gasteiger partial charge < -0.3 is 10.4 Å². The second kappa shape index (κ2) is 5.60. The lowest BCUT2D eigenvalue weighted by molar-refractivity contribution is 0.0697. The summed E-state index contributed by atoms with van der Waals surface area (Å²) in [5.74, 6) is -0.884. The number of rotatable bonds is 3. The number of nitrogens with one attached hydrogen (secondary N) is 1. The molecule has 0 radical (unpaired) electrons. The first kappa shape index (κ1) is 13.7. The zero-order valence-electron chi connectivity index (χ0n) is 12.1. The molecule has 0 spiro atoms. The van der Waals surface area contributed by atoms with Crippen molar-refractivity contribution < 1.29 is 9.90 Å². The van der Waals surface area contributed by atoms with Crippen molar-refractivity contribution in [2.24, 2.45) is 0 Å². The van der Waals surface area contributed by atoms with Crippen LogP contribution < -0.4 is 5.32 Å². The average molecular weight is 281 g/mol. The van der Waals surface area contributed by atoms with Crippen LogP contribution in [-0.4, -0.2) is 11.1 Å². The fourth-order valence-corrected chi connectivity index (χ4v) is 3.05. The molecule has 1 unspecified atom stereocenters. The van der Waals surface area contributed by atoms with Gasteiger partial charge in [-0.15, -0.1) is 0 Å². The predicted octanol–water partition coefficient (Wildman–Crippen LogP) is 4.18. The zero-order valence-corrected chi connectivity index (χ0v) is 12.1. The lowest BCUT2D eigenvalue weighted by Crippen LogP contribution is -2.18. The summed E-state index contributed by atoms with van der Waals surface area (Å²) < 4.78 is 0. The monoisotopic (exact) mass is 281 g/mol. The number of benzene rings is 2. The molecule has 1 aliphatic rings. The summed E-state index contributed by atoms with van der Waals surface area (Å²) in [4.78, 5) is 11.4. The third-order valence-corrected chi connectivity index (χ3v) is 4.10. The van der Waals surface area contributed by atoms with E-state index in [9.17, 15) is 9.90 Å². The second-order valence-electron chi connectivity index (χ2n) is 5.64. The van der Waals surface area contributed by atoms with Crippen LogP contribution in [0.3, 0.4) is 0 Å². The number of carboxylic acids is 1. The van der Waals surface area contributed by atoms with E-state index < -0.39 is 5.97 Å². The van der Waals surface area contributed by atoms with E-state index in [4.69, 9.17) is 0 Å². The van der Waals surface area contributed by atoms with Gasteiger partial charge in [-0.25, -0.2) is 4.79 Å². The molecule has 3 heteroatoms. The smallest absolute Gasteiger partial charge is 0.337 e. The Morgan fingerprint density at radius 1 is 1.24 bits per heavy atom. The maximum absolute atomic E-state index is 11.4. The number of aryl methyl sites for hydroxylation is 2. The molecule has 2 N–H and O–H groups in total. The number of aromatic carboxylic acids is 1. The lowest BCUT2D eigenvalue weighted by atomic mass is 9.87. The van der Waals surface area contributed by atoms with Gasteiger partial charge in [0.1, 0.15) is 0 Å². The molecule has 0 saturated carbocycles. The van der Waals surface area contributed by atoms with Gasteiger partial charge in [-0.2, -0.15) is 0 Å². The number of hydrogen-bond donors (Lipinski definition) is 2. The van der Waals surface area contributed by atoms with Gasteiger partial charge in [-0.1, -0.05) is 35.9 Å². The van der Waals surface area contributed by atoms with Gasteiger partial charge in [0.25, 0.3) is 0 Å². The standard InChI is InChI=1S/C18H19NO2/c1-12-9-10-17(15(11-12)18(20)21)19-16-8-4-6-13-5-2-3-7-14(13)16/h2-3,5,7,9-11,16,19H,4,6,8H2,1H3,(H,20,21). The van der Waals surface area contributed by atoms with Gasteiger partial charge >= 0.3 is 5.97 Å². The first-order valence-corrected chi connectivity index (χ1v) is 7.33. The van der Waals surface area contributed by atoms with Crippen molar-refractivity contribution in [3.63, 3.8) is 0 Å². The van der Waals surface area contributed by atoms with Crippen molar-refractivity contribution in [2.45, 2.75) is 32.2 Å². The van der Waals surface area contributed by atoms with E-state index in [1.165, 1.54) is 11.1 Å². The molecule has 0 bridgehead atoms. The van der Waals surface area contributed by atoms with Crippen LogP contribution in [0, 0.1) is 6.92 Å². The Morgan fingerprint density at radius 3 is 2.86 bits per heavy atom. The largest absolute Gasteiger partial charge is 0.478 e. The van der Waals surface area contributed by atoms with Crippen molar-refractivity contribution in [2.75, 3.05) is 5.32 Å². The molecular weight excluding hydrogens is 262 g/mol. The van der Waals surface area contributed by atoms with Gasteiger partial charge in [-0.3, -0.25) is 0 Å². The summed E-state index contributed by atoms with van der Waals surface area (Å²) in [6, 6.07) is 14.1. The number of anilines is 1. The molecule has 21 heavy (non-hydrogen) atoms. The summed E-state index contributed by atoms with van der Waals surface area (Å²) in [6.45, 7) is 1.91. The van der Waals surface area contributed by atoms with Crippen LogP contribution in [0.5, 0.6) is 0 Å². The molecule has 0 fully saturated rings. The lowest BCUT2D eigenvalue weighted by Gasteiger charge is -2.27. The molecule has 0 aliphatic heterocycles. The molecule has 0 saturated heterocycles. The molecular formula is C18H19NO2. The topological polar surface area (TPSA) is 49.3 Å². The molecule has 0 amide bonds. The van der Waals surface area contributed by atoms with Gasteiger partial charge in [0.15, 0.2) is 0 Å². The highest BCUT2D eigenvalue weighted by Crippen LogP contribution is 2.33. The fraction of sp³-hybridized carbons (Fsp3) is 0.278. The van der Waals surface area contributed by atoms with Gasteiger partial charge in [0.05, 0.1) is 11.6 Å². The molecule has 3 rings (SSSR count). The maximum Gasteiger partial charge on any atom is 0.337 e. The Morgan fingerprint density at radius 2 is 2.05 bits per heavy atom. The van der Waals surface area contributed by atoms with Crippen LogP contribution in [0.4, 0.5) is 5.69 Å². The summed E-state index contributed by atoms with van der Waals surface area (Å²) in [5.41, 5.74) is 4.67. The molecule has 1 atom stereocenters. The van der Waals surface area contributed by atoms with Crippen LogP contribution in [-0.2, 0) is 6.42 Å². The van der Waals surface area contributed by atoms with Crippen molar-refractivity contribution in [3.05, 3.63) is 64.7 Å². The van der Waals surface area contributed by atoms with Crippen LogP contribution in [0.25, 0.3) is 0 Å². The Balaban J connectivity index is 1.93. The van der Waals surface area contributed by atoms with Gasteiger partial charge in [-0.05, 0) is 49.4 Å². The molecule has 3 nitrogen and oxygen atoms in total. The van der Waals surface area contributed by atoms with Crippen LogP contribution in [0.1, 0.15) is 45.9 Å². The zero-order chi connectivity index (χ0) is 14.8. The molecule has 108 valence electrons. The van der Waals surface area contributed by atoms with E-state index in [0.717, 1.165) is 24.8 Å². The Bertz CT molecular complexity index is 679. The molecule has 0 heterocycles. The summed E-state index contributed by atoms with van der Waals surface area (Å²) in [7, 11) is 0. The third kappa shape index (κ3) is 2.77. The van der Waals surface area contributed by atoms with E-state index in [-0.39, 0.29) is 6.04 Å². The van der Waals surface area contributed by atoms with Crippen molar-refractivity contribution in [1.82, 2.24) is 0 Å². The minimum atomic E-state index is -0.884. The van der Waals surface area contributed by atoms with E-state index in [2.05, 4.69) is 23.5 Å². The fourth-order valence-electron chi connectivity index (χ4n) is 3.05. The quantitative estimate of drug-likeness (QED) is 0.887. The maximum atomic E-state index is 11.4. The summed E-state index contributed by atoms with van der Waals surface area (Å²) >= 11 is 0. The van der Waals surface area contributed by atoms with Crippen LogP contribution in [0.2, 0.25) is 0 Å². The minimum Gasteiger partial charge on any atom is -0.478 e. The highest BCUT2D eigenvalue weighted by atomic mass is 16.4. The third-order valence-electron chi connectivity index (χ3n) is 4.10. The first-order valence-electron chi connectivity index (χ1n) is 7.33. The van der Waals surface area contributed by atoms with E-state index >= 15 is 0 Å². The Labute approximate surface area is 124 Å². The van der Waals surface area contributed by atoms with E-state index in [1.54, 1.807) is 6.07 Å². The summed E-state index contributed by atoms with van der Waals surface area (Å²) in [6.07, 6.45) is 3.26. The Hall–Kier alpha value is -2.29. The van der Waals surface area contributed by atoms with Crippen molar-refractivity contribution in [3.8, 4) is 0 Å². The summed E-state index contributed by atoms with van der Waals surface area (Å²) in [5, 5.41) is 12.8. The van der Waals surface area contributed by atoms with Crippen molar-refractivity contribution >= 4 is 11.7 Å². The minimum absolute atomic E-state index is 0.191. The SMILES string of the molecule is Cc1ccc(NC2CCCc3ccccc32)c(C(=O)O)c1. The number of hydrogen-bond acceptors (Lipinski definition) is 2. The molecule has 0 aromatic heterocycles. The van der Waals surface area contributed by atoms with Crippen LogP contribution >= 0.6 is 0 Å². The highest BCUT2D eigenvalue weighted by Gasteiger charge is 2.21. The second-order valence-corrected chi connectivity index (χ2v) is 5.64. The predicted molar refractivity (Wildman–Crippen MR) is 83.9 cm³/mol. The Kier molecular flexibility index (Phi) is 3.65. The number of fused-ring (bicyclic) bond motifs is 1.